The number of hydrogen-bond acceptors (Lipinski definition) is 4. The smallest absolute Gasteiger partial charge is 0.177 e. The fourth-order valence-corrected chi connectivity index (χ4v) is 4.63. The number of nitrogens with zero attached hydrogens (tertiary/aromatic N) is 1. The van der Waals surface area contributed by atoms with E-state index in [4.69, 9.17) is 0 Å². The Kier molecular flexibility index (Phi) is 4.54. The second-order valence-electron chi connectivity index (χ2n) is 6.15. The van der Waals surface area contributed by atoms with Gasteiger partial charge in [-0.25, -0.2) is 8.42 Å². The molecule has 1 saturated heterocycles. The summed E-state index contributed by atoms with van der Waals surface area (Å²) in [6.07, 6.45) is 0.623. The fourth-order valence-electron chi connectivity index (χ4n) is 2.82. The lowest BCUT2D eigenvalue weighted by atomic mass is 9.98. The van der Waals surface area contributed by atoms with Crippen molar-refractivity contribution in [2.75, 3.05) is 25.1 Å². The Balaban J connectivity index is 2.10. The molecule has 0 N–H and O–H groups in total. The first-order valence-corrected chi connectivity index (χ1v) is 9.03. The number of rotatable bonds is 4. The third-order valence-corrected chi connectivity index (χ3v) is 6.12. The molecule has 0 radical (unpaired) electrons. The van der Waals surface area contributed by atoms with Crippen LogP contribution in [-0.4, -0.2) is 50.2 Å². The summed E-state index contributed by atoms with van der Waals surface area (Å²) < 4.78 is 23.1. The summed E-state index contributed by atoms with van der Waals surface area (Å²) in [5, 5.41) is 0. The van der Waals surface area contributed by atoms with Gasteiger partial charge >= 0.3 is 0 Å². The van der Waals surface area contributed by atoms with Crippen LogP contribution in [0.15, 0.2) is 12.1 Å². The average molecular weight is 309 g/mol. The van der Waals surface area contributed by atoms with Crippen molar-refractivity contribution in [3.8, 4) is 0 Å². The van der Waals surface area contributed by atoms with Crippen LogP contribution in [0.25, 0.3) is 0 Å². The second kappa shape index (κ2) is 5.89. The molecular formula is C16H23NO3S. The molecule has 0 saturated carbocycles. The van der Waals surface area contributed by atoms with Gasteiger partial charge in [0.15, 0.2) is 15.6 Å². The molecule has 1 unspecified atom stereocenters. The molecule has 2 rings (SSSR count). The summed E-state index contributed by atoms with van der Waals surface area (Å²) >= 11 is 0. The highest BCUT2D eigenvalue weighted by molar-refractivity contribution is 7.91. The van der Waals surface area contributed by atoms with E-state index in [0.717, 1.165) is 16.7 Å². The normalized spacial score (nSPS) is 20.9. The zero-order valence-corrected chi connectivity index (χ0v) is 14.0. The first-order valence-electron chi connectivity index (χ1n) is 7.21. The number of likely N-dealkylation sites (N-methyl/N-ethyl adjacent to an activating group) is 1. The third kappa shape index (κ3) is 3.71. The van der Waals surface area contributed by atoms with Gasteiger partial charge in [0.05, 0.1) is 18.1 Å². The van der Waals surface area contributed by atoms with E-state index < -0.39 is 9.84 Å². The van der Waals surface area contributed by atoms with Crippen LogP contribution in [0, 0.1) is 20.8 Å². The summed E-state index contributed by atoms with van der Waals surface area (Å²) in [5.41, 5.74) is 4.01. The predicted octanol–water partition coefficient (Wildman–Crippen LogP) is 1.91. The van der Waals surface area contributed by atoms with Gasteiger partial charge in [-0.15, -0.1) is 0 Å². The van der Waals surface area contributed by atoms with E-state index in [0.29, 0.717) is 6.42 Å². The topological polar surface area (TPSA) is 54.5 Å². The van der Waals surface area contributed by atoms with Crippen molar-refractivity contribution in [2.45, 2.75) is 33.2 Å². The van der Waals surface area contributed by atoms with E-state index in [1.165, 1.54) is 5.56 Å². The highest BCUT2D eigenvalue weighted by atomic mass is 32.2. The van der Waals surface area contributed by atoms with Gasteiger partial charge in [-0.1, -0.05) is 6.07 Å². The van der Waals surface area contributed by atoms with Gasteiger partial charge in [0.2, 0.25) is 0 Å². The van der Waals surface area contributed by atoms with Crippen molar-refractivity contribution in [1.29, 1.82) is 0 Å². The summed E-state index contributed by atoms with van der Waals surface area (Å²) in [7, 11) is -1.08. The SMILES string of the molecule is Cc1cc(C)c(C(=O)CN(C)C2CCS(=O)(=O)C2)cc1C. The molecule has 116 valence electrons. The molecule has 21 heavy (non-hydrogen) atoms. The molecule has 0 bridgehead atoms. The molecule has 1 fully saturated rings. The van der Waals surface area contributed by atoms with E-state index in [2.05, 4.69) is 0 Å². The molecule has 1 atom stereocenters. The molecule has 4 nitrogen and oxygen atoms in total. The van der Waals surface area contributed by atoms with Crippen LogP contribution in [0.4, 0.5) is 0 Å². The van der Waals surface area contributed by atoms with Crippen LogP contribution in [0.3, 0.4) is 0 Å². The molecule has 5 heteroatoms. The minimum Gasteiger partial charge on any atom is -0.295 e. The van der Waals surface area contributed by atoms with E-state index in [-0.39, 0.29) is 29.9 Å². The van der Waals surface area contributed by atoms with Crippen LogP contribution in [0.5, 0.6) is 0 Å². The Bertz CT molecular complexity index is 664. The number of hydrogen-bond donors (Lipinski definition) is 0. The number of carbonyl (C=O) groups excluding carboxylic acids is 1. The Hall–Kier alpha value is -1.20. The van der Waals surface area contributed by atoms with Crippen molar-refractivity contribution in [1.82, 2.24) is 4.90 Å². The average Bonchev–Trinajstić information content (AvgIpc) is 2.74. The Morgan fingerprint density at radius 1 is 1.19 bits per heavy atom. The number of Topliss-reactive ketones (excluding diaryl/α,β-unsaturated/α-hetero) is 1. The molecule has 1 aliphatic heterocycles. The zero-order valence-electron chi connectivity index (χ0n) is 13.1. The van der Waals surface area contributed by atoms with Crippen LogP contribution in [-0.2, 0) is 9.84 Å². The molecule has 1 aromatic rings. The minimum absolute atomic E-state index is 0.0363. The first-order chi connectivity index (χ1) is 9.69. The number of ketones is 1. The van der Waals surface area contributed by atoms with Crippen LogP contribution < -0.4 is 0 Å². The van der Waals surface area contributed by atoms with Gasteiger partial charge in [0.1, 0.15) is 0 Å². The Labute approximate surface area is 127 Å². The molecule has 0 aliphatic carbocycles. The van der Waals surface area contributed by atoms with Gasteiger partial charge in [-0.05, 0) is 57.0 Å². The molecule has 0 spiro atoms. The van der Waals surface area contributed by atoms with Crippen molar-refractivity contribution in [3.63, 3.8) is 0 Å². The second-order valence-corrected chi connectivity index (χ2v) is 8.38. The molecular weight excluding hydrogens is 286 g/mol. The lowest BCUT2D eigenvalue weighted by molar-refractivity contribution is 0.0926. The number of aryl methyl sites for hydroxylation is 3. The lowest BCUT2D eigenvalue weighted by Gasteiger charge is -2.22. The van der Waals surface area contributed by atoms with E-state index in [1.54, 1.807) is 0 Å². The van der Waals surface area contributed by atoms with Gasteiger partial charge in [-0.3, -0.25) is 9.69 Å². The van der Waals surface area contributed by atoms with E-state index in [1.807, 2.05) is 44.9 Å². The monoisotopic (exact) mass is 309 g/mol. The molecule has 0 amide bonds. The van der Waals surface area contributed by atoms with Crippen LogP contribution in [0.2, 0.25) is 0 Å². The molecule has 1 heterocycles. The van der Waals surface area contributed by atoms with Gasteiger partial charge in [0, 0.05) is 11.6 Å². The number of carbonyl (C=O) groups is 1. The maximum atomic E-state index is 12.5. The van der Waals surface area contributed by atoms with Crippen molar-refractivity contribution in [2.24, 2.45) is 0 Å². The lowest BCUT2D eigenvalue weighted by Crippen LogP contribution is -2.36. The van der Waals surface area contributed by atoms with Crippen LogP contribution in [0.1, 0.15) is 33.5 Å². The van der Waals surface area contributed by atoms with Gasteiger partial charge in [0.25, 0.3) is 0 Å². The number of benzene rings is 1. The van der Waals surface area contributed by atoms with Gasteiger partial charge in [-0.2, -0.15) is 0 Å². The Morgan fingerprint density at radius 3 is 2.38 bits per heavy atom. The quantitative estimate of drug-likeness (QED) is 0.797. The standard InChI is InChI=1S/C16H23NO3S/c1-11-7-13(3)15(8-12(11)2)16(18)9-17(4)14-5-6-21(19,20)10-14/h7-8,14H,5-6,9-10H2,1-4H3. The van der Waals surface area contributed by atoms with E-state index in [9.17, 15) is 13.2 Å². The largest absolute Gasteiger partial charge is 0.295 e. The third-order valence-electron chi connectivity index (χ3n) is 4.37. The maximum absolute atomic E-state index is 12.5. The maximum Gasteiger partial charge on any atom is 0.177 e. The molecule has 1 aromatic carbocycles. The van der Waals surface area contributed by atoms with E-state index >= 15 is 0 Å². The predicted molar refractivity (Wildman–Crippen MR) is 84.7 cm³/mol. The summed E-state index contributed by atoms with van der Waals surface area (Å²) in [4.78, 5) is 14.3. The summed E-state index contributed by atoms with van der Waals surface area (Å²) in [6.45, 7) is 6.24. The summed E-state index contributed by atoms with van der Waals surface area (Å²) in [5.74, 6) is 0.462. The van der Waals surface area contributed by atoms with Crippen molar-refractivity contribution in [3.05, 3.63) is 34.4 Å². The van der Waals surface area contributed by atoms with Gasteiger partial charge < -0.3 is 0 Å². The highest BCUT2D eigenvalue weighted by Crippen LogP contribution is 2.19. The summed E-state index contributed by atoms with van der Waals surface area (Å²) in [6, 6.07) is 3.93. The zero-order chi connectivity index (χ0) is 15.8. The highest BCUT2D eigenvalue weighted by Gasteiger charge is 2.31. The Morgan fingerprint density at radius 2 is 1.81 bits per heavy atom. The molecule has 1 aliphatic rings. The fraction of sp³-hybridized carbons (Fsp3) is 0.562. The minimum atomic E-state index is -2.91. The molecule has 0 aromatic heterocycles. The van der Waals surface area contributed by atoms with Crippen LogP contribution >= 0.6 is 0 Å². The number of sulfone groups is 1. The first kappa shape index (κ1) is 16.2. The van der Waals surface area contributed by atoms with Crippen molar-refractivity contribution >= 4 is 15.6 Å². The van der Waals surface area contributed by atoms with Crippen molar-refractivity contribution < 1.29 is 13.2 Å².